The van der Waals surface area contributed by atoms with E-state index in [-0.39, 0.29) is 24.7 Å². The quantitative estimate of drug-likeness (QED) is 0.670. The van der Waals surface area contributed by atoms with Crippen LogP contribution in [0, 0.1) is 0 Å². The summed E-state index contributed by atoms with van der Waals surface area (Å²) in [6.45, 7) is 2.84. The van der Waals surface area contributed by atoms with E-state index in [9.17, 15) is 9.59 Å². The lowest BCUT2D eigenvalue weighted by Gasteiger charge is -2.28. The van der Waals surface area contributed by atoms with E-state index in [2.05, 4.69) is 22.4 Å². The monoisotopic (exact) mass is 404 g/mol. The molecule has 0 bridgehead atoms. The van der Waals surface area contributed by atoms with Gasteiger partial charge in [0, 0.05) is 36.5 Å². The fraction of sp³-hybridized carbons (Fsp3) is 0.474. The van der Waals surface area contributed by atoms with Crippen molar-refractivity contribution in [2.45, 2.75) is 50.3 Å². The van der Waals surface area contributed by atoms with Gasteiger partial charge in [-0.15, -0.1) is 22.0 Å². The first-order chi connectivity index (χ1) is 13.2. The molecule has 1 aliphatic rings. The Kier molecular flexibility index (Phi) is 7.23. The van der Waals surface area contributed by atoms with Gasteiger partial charge in [-0.1, -0.05) is 43.2 Å². The van der Waals surface area contributed by atoms with Crippen molar-refractivity contribution in [3.05, 3.63) is 29.3 Å². The Hall–Kier alpha value is -1.93. The number of benzene rings is 1. The normalized spacial score (nSPS) is 13.3. The van der Waals surface area contributed by atoms with Crippen molar-refractivity contribution in [2.75, 3.05) is 22.5 Å². The number of carbonyl (C=O) groups excluding carboxylic acids is 2. The Morgan fingerprint density at radius 1 is 1.19 bits per heavy atom. The molecular weight excluding hydrogens is 380 g/mol. The minimum atomic E-state index is -0.195. The standard InChI is InChI=1S/C19H24N4O2S2/c1-2-3-4-9-17-21-22-19(27-17)20-16(24)10-11-18(25)23-12-13-26-15-8-6-5-7-14(15)23/h5-8H,2-4,9-13H2,1H3,(H,20,22,24). The first-order valence-corrected chi connectivity index (χ1v) is 11.1. The smallest absolute Gasteiger partial charge is 0.227 e. The van der Waals surface area contributed by atoms with Crippen LogP contribution >= 0.6 is 23.1 Å². The molecule has 6 nitrogen and oxygen atoms in total. The summed E-state index contributed by atoms with van der Waals surface area (Å²) in [6.07, 6.45) is 4.65. The molecule has 0 radical (unpaired) electrons. The number of para-hydroxylation sites is 1. The van der Waals surface area contributed by atoms with E-state index in [0.29, 0.717) is 11.7 Å². The van der Waals surface area contributed by atoms with E-state index < -0.39 is 0 Å². The number of unbranched alkanes of at least 4 members (excludes halogenated alkanes) is 2. The SMILES string of the molecule is CCCCCc1nnc(NC(=O)CCC(=O)N2CCSc3ccccc32)s1. The zero-order valence-corrected chi connectivity index (χ0v) is 17.1. The van der Waals surface area contributed by atoms with E-state index in [4.69, 9.17) is 0 Å². The molecule has 3 rings (SSSR count). The van der Waals surface area contributed by atoms with E-state index in [0.717, 1.165) is 40.6 Å². The average molecular weight is 405 g/mol. The van der Waals surface area contributed by atoms with Crippen LogP contribution < -0.4 is 10.2 Å². The zero-order chi connectivity index (χ0) is 19.1. The molecule has 0 fully saturated rings. The van der Waals surface area contributed by atoms with Crippen LogP contribution in [0.5, 0.6) is 0 Å². The number of fused-ring (bicyclic) bond motifs is 1. The number of nitrogens with zero attached hydrogens (tertiary/aromatic N) is 3. The van der Waals surface area contributed by atoms with Gasteiger partial charge in [-0.05, 0) is 18.6 Å². The minimum Gasteiger partial charge on any atom is -0.310 e. The number of carbonyl (C=O) groups is 2. The van der Waals surface area contributed by atoms with Gasteiger partial charge < -0.3 is 10.2 Å². The highest BCUT2D eigenvalue weighted by atomic mass is 32.2. The fourth-order valence-electron chi connectivity index (χ4n) is 2.90. The number of thioether (sulfide) groups is 1. The van der Waals surface area contributed by atoms with Crippen molar-refractivity contribution in [1.82, 2.24) is 10.2 Å². The number of aromatic nitrogens is 2. The van der Waals surface area contributed by atoms with Gasteiger partial charge >= 0.3 is 0 Å². The van der Waals surface area contributed by atoms with Crippen LogP contribution in [-0.2, 0) is 16.0 Å². The highest BCUT2D eigenvalue weighted by Crippen LogP contribution is 2.34. The zero-order valence-electron chi connectivity index (χ0n) is 15.4. The number of amides is 2. The Labute approximate surface area is 167 Å². The number of aryl methyl sites for hydroxylation is 1. The molecule has 8 heteroatoms. The second-order valence-corrected chi connectivity index (χ2v) is 8.57. The Morgan fingerprint density at radius 2 is 2.04 bits per heavy atom. The summed E-state index contributed by atoms with van der Waals surface area (Å²) < 4.78 is 0. The Bertz CT molecular complexity index is 794. The van der Waals surface area contributed by atoms with E-state index in [1.54, 1.807) is 16.7 Å². The van der Waals surface area contributed by atoms with Crippen molar-refractivity contribution in [1.29, 1.82) is 0 Å². The van der Waals surface area contributed by atoms with Gasteiger partial charge in [-0.25, -0.2) is 0 Å². The van der Waals surface area contributed by atoms with Crippen LogP contribution in [0.1, 0.15) is 44.0 Å². The Balaban J connectivity index is 1.47. The van der Waals surface area contributed by atoms with E-state index >= 15 is 0 Å². The second-order valence-electron chi connectivity index (χ2n) is 6.37. The maximum Gasteiger partial charge on any atom is 0.227 e. The van der Waals surface area contributed by atoms with Crippen LogP contribution in [0.3, 0.4) is 0 Å². The molecule has 27 heavy (non-hydrogen) atoms. The molecular formula is C19H24N4O2S2. The minimum absolute atomic E-state index is 0.0181. The molecule has 2 heterocycles. The van der Waals surface area contributed by atoms with Gasteiger partial charge in [-0.2, -0.15) is 0 Å². The number of anilines is 2. The maximum absolute atomic E-state index is 12.6. The molecule has 144 valence electrons. The lowest BCUT2D eigenvalue weighted by atomic mass is 10.2. The van der Waals surface area contributed by atoms with Crippen molar-refractivity contribution >= 4 is 45.7 Å². The molecule has 0 unspecified atom stereocenters. The predicted molar refractivity (Wildman–Crippen MR) is 111 cm³/mol. The fourth-order valence-corrected chi connectivity index (χ4v) is 4.69. The van der Waals surface area contributed by atoms with Crippen LogP contribution in [-0.4, -0.2) is 34.3 Å². The lowest BCUT2D eigenvalue weighted by molar-refractivity contribution is -0.122. The maximum atomic E-state index is 12.6. The molecule has 0 saturated heterocycles. The summed E-state index contributed by atoms with van der Waals surface area (Å²) in [5.74, 6) is 0.662. The van der Waals surface area contributed by atoms with Crippen LogP contribution in [0.4, 0.5) is 10.8 Å². The molecule has 1 aromatic carbocycles. The van der Waals surface area contributed by atoms with Crippen molar-refractivity contribution < 1.29 is 9.59 Å². The van der Waals surface area contributed by atoms with Crippen molar-refractivity contribution in [3.8, 4) is 0 Å². The van der Waals surface area contributed by atoms with Crippen LogP contribution in [0.25, 0.3) is 0 Å². The third-order valence-corrected chi connectivity index (χ3v) is 6.24. The second kappa shape index (κ2) is 9.85. The molecule has 1 aliphatic heterocycles. The number of hydrogen-bond donors (Lipinski definition) is 1. The molecule has 2 aromatic rings. The van der Waals surface area contributed by atoms with Crippen LogP contribution in [0.2, 0.25) is 0 Å². The van der Waals surface area contributed by atoms with Gasteiger partial charge in [0.05, 0.1) is 5.69 Å². The topological polar surface area (TPSA) is 75.2 Å². The number of rotatable bonds is 8. The van der Waals surface area contributed by atoms with E-state index in [1.807, 2.05) is 24.3 Å². The van der Waals surface area contributed by atoms with Crippen molar-refractivity contribution in [2.24, 2.45) is 0 Å². The van der Waals surface area contributed by atoms with Gasteiger partial charge in [0.15, 0.2) is 0 Å². The third-order valence-electron chi connectivity index (χ3n) is 4.30. The predicted octanol–water partition coefficient (Wildman–Crippen LogP) is 4.13. The first-order valence-electron chi connectivity index (χ1n) is 9.32. The molecule has 0 saturated carbocycles. The lowest BCUT2D eigenvalue weighted by Crippen LogP contribution is -2.35. The summed E-state index contributed by atoms with van der Waals surface area (Å²) in [7, 11) is 0. The number of hydrogen-bond acceptors (Lipinski definition) is 6. The largest absolute Gasteiger partial charge is 0.310 e. The highest BCUT2D eigenvalue weighted by molar-refractivity contribution is 7.99. The summed E-state index contributed by atoms with van der Waals surface area (Å²) in [5, 5.41) is 12.3. The molecule has 0 spiro atoms. The summed E-state index contributed by atoms with van der Waals surface area (Å²) in [5.41, 5.74) is 0.944. The molecule has 1 aromatic heterocycles. The summed E-state index contributed by atoms with van der Waals surface area (Å²) >= 11 is 3.17. The van der Waals surface area contributed by atoms with Crippen LogP contribution in [0.15, 0.2) is 29.2 Å². The first kappa shape index (κ1) is 19.8. The average Bonchev–Trinajstić information content (AvgIpc) is 3.13. The Morgan fingerprint density at radius 3 is 2.89 bits per heavy atom. The van der Waals surface area contributed by atoms with Gasteiger partial charge in [0.25, 0.3) is 0 Å². The van der Waals surface area contributed by atoms with E-state index in [1.165, 1.54) is 17.8 Å². The van der Waals surface area contributed by atoms with Gasteiger partial charge in [0.2, 0.25) is 16.9 Å². The molecule has 2 amide bonds. The third kappa shape index (κ3) is 5.52. The summed E-state index contributed by atoms with van der Waals surface area (Å²) in [6, 6.07) is 7.90. The molecule has 1 N–H and O–H groups in total. The summed E-state index contributed by atoms with van der Waals surface area (Å²) in [4.78, 5) is 27.7. The van der Waals surface area contributed by atoms with Gasteiger partial charge in [0.1, 0.15) is 5.01 Å². The van der Waals surface area contributed by atoms with Crippen molar-refractivity contribution in [3.63, 3.8) is 0 Å². The highest BCUT2D eigenvalue weighted by Gasteiger charge is 2.23. The number of nitrogens with one attached hydrogen (secondary N) is 1. The van der Waals surface area contributed by atoms with Gasteiger partial charge in [-0.3, -0.25) is 9.59 Å². The molecule has 0 aliphatic carbocycles. The molecule has 0 atom stereocenters.